The lowest BCUT2D eigenvalue weighted by Gasteiger charge is -2.12. The van der Waals surface area contributed by atoms with Crippen LogP contribution in [0.3, 0.4) is 0 Å². The van der Waals surface area contributed by atoms with Crippen LogP contribution < -0.4 is 10.9 Å². The van der Waals surface area contributed by atoms with E-state index in [1.54, 1.807) is 18.2 Å². The number of hydrogen-bond donors (Lipinski definition) is 1. The van der Waals surface area contributed by atoms with E-state index in [1.165, 1.54) is 4.68 Å². The maximum absolute atomic E-state index is 12.6. The summed E-state index contributed by atoms with van der Waals surface area (Å²) in [6.07, 6.45) is 1.75. The largest absolute Gasteiger partial charge is 0.381 e. The molecule has 1 fully saturated rings. The van der Waals surface area contributed by atoms with Gasteiger partial charge in [0.15, 0.2) is 5.69 Å². The van der Waals surface area contributed by atoms with Gasteiger partial charge in [0.2, 0.25) is 0 Å². The molecular formula is C17H21N3O3. The van der Waals surface area contributed by atoms with Gasteiger partial charge in [0.25, 0.3) is 11.5 Å². The van der Waals surface area contributed by atoms with Crippen LogP contribution >= 0.6 is 0 Å². The lowest BCUT2D eigenvalue weighted by molar-refractivity contribution is 0.0939. The van der Waals surface area contributed by atoms with Gasteiger partial charge < -0.3 is 10.1 Å². The first-order valence-corrected chi connectivity index (χ1v) is 8.06. The minimum absolute atomic E-state index is 0.150. The molecule has 6 heteroatoms. The Kier molecular flexibility index (Phi) is 4.71. The summed E-state index contributed by atoms with van der Waals surface area (Å²) in [4.78, 5) is 25.0. The average Bonchev–Trinajstić information content (AvgIpc) is 3.09. The first-order valence-electron chi connectivity index (χ1n) is 8.06. The molecule has 1 aliphatic heterocycles. The molecule has 2 aromatic rings. The number of amides is 1. The lowest BCUT2D eigenvalue weighted by atomic mass is 10.1. The fraction of sp³-hybridized carbons (Fsp3) is 0.471. The summed E-state index contributed by atoms with van der Waals surface area (Å²) in [5.41, 5.74) is 0.163. The van der Waals surface area contributed by atoms with Gasteiger partial charge in [-0.15, -0.1) is 0 Å². The van der Waals surface area contributed by atoms with E-state index in [2.05, 4.69) is 10.4 Å². The van der Waals surface area contributed by atoms with Crippen LogP contribution in [0.25, 0.3) is 10.8 Å². The highest BCUT2D eigenvalue weighted by molar-refractivity contribution is 6.04. The van der Waals surface area contributed by atoms with Crippen molar-refractivity contribution >= 4 is 16.7 Å². The number of carbonyl (C=O) groups is 1. The minimum atomic E-state index is -0.238. The predicted octanol–water partition coefficient (Wildman–Crippen LogP) is 1.57. The van der Waals surface area contributed by atoms with Crippen molar-refractivity contribution in [1.29, 1.82) is 0 Å². The highest BCUT2D eigenvalue weighted by atomic mass is 16.5. The van der Waals surface area contributed by atoms with Crippen molar-refractivity contribution in [2.24, 2.45) is 5.92 Å². The first kappa shape index (κ1) is 15.7. The molecule has 1 N–H and O–H groups in total. The number of ether oxygens (including phenoxy) is 1. The zero-order valence-corrected chi connectivity index (χ0v) is 13.2. The third-order valence-corrected chi connectivity index (χ3v) is 4.09. The van der Waals surface area contributed by atoms with Crippen molar-refractivity contribution in [2.45, 2.75) is 26.3 Å². The van der Waals surface area contributed by atoms with E-state index in [4.69, 9.17) is 4.74 Å². The van der Waals surface area contributed by atoms with Gasteiger partial charge in [0.05, 0.1) is 12.0 Å². The van der Waals surface area contributed by atoms with E-state index < -0.39 is 0 Å². The molecule has 6 nitrogen and oxygen atoms in total. The van der Waals surface area contributed by atoms with Crippen LogP contribution in [0.5, 0.6) is 0 Å². The van der Waals surface area contributed by atoms with Gasteiger partial charge in [0, 0.05) is 31.0 Å². The molecule has 0 saturated carbocycles. The van der Waals surface area contributed by atoms with Crippen molar-refractivity contribution in [2.75, 3.05) is 19.8 Å². The van der Waals surface area contributed by atoms with Crippen LogP contribution in [0.2, 0.25) is 0 Å². The fourth-order valence-corrected chi connectivity index (χ4v) is 2.83. The van der Waals surface area contributed by atoms with Gasteiger partial charge in [-0.05, 0) is 18.9 Å². The summed E-state index contributed by atoms with van der Waals surface area (Å²) in [7, 11) is 0. The van der Waals surface area contributed by atoms with Crippen molar-refractivity contribution in [3.8, 4) is 0 Å². The Morgan fingerprint density at radius 2 is 2.17 bits per heavy atom. The summed E-state index contributed by atoms with van der Waals surface area (Å²) in [6, 6.07) is 7.13. The normalized spacial score (nSPS) is 17.5. The topological polar surface area (TPSA) is 73.2 Å². The van der Waals surface area contributed by atoms with Gasteiger partial charge in [-0.2, -0.15) is 5.10 Å². The molecule has 1 saturated heterocycles. The molecule has 0 bridgehead atoms. The van der Waals surface area contributed by atoms with Crippen LogP contribution in [-0.2, 0) is 11.3 Å². The molecule has 23 heavy (non-hydrogen) atoms. The zero-order valence-electron chi connectivity index (χ0n) is 13.2. The summed E-state index contributed by atoms with van der Waals surface area (Å²) in [5.74, 6) is 0.115. The zero-order chi connectivity index (χ0) is 16.2. The number of nitrogens with zero attached hydrogens (tertiary/aromatic N) is 2. The van der Waals surface area contributed by atoms with E-state index >= 15 is 0 Å². The number of carbonyl (C=O) groups excluding carboxylic acids is 1. The van der Waals surface area contributed by atoms with E-state index in [0.717, 1.165) is 19.4 Å². The third kappa shape index (κ3) is 3.27. The van der Waals surface area contributed by atoms with Crippen LogP contribution in [-0.4, -0.2) is 35.4 Å². The van der Waals surface area contributed by atoms with E-state index in [9.17, 15) is 9.59 Å². The molecule has 3 rings (SSSR count). The number of rotatable bonds is 5. The second kappa shape index (κ2) is 6.91. The Balaban J connectivity index is 1.93. The van der Waals surface area contributed by atoms with Crippen molar-refractivity contribution in [1.82, 2.24) is 15.1 Å². The second-order valence-corrected chi connectivity index (χ2v) is 5.86. The number of benzene rings is 1. The Bertz CT molecular complexity index is 763. The Morgan fingerprint density at radius 3 is 2.87 bits per heavy atom. The molecule has 1 aliphatic rings. The summed E-state index contributed by atoms with van der Waals surface area (Å²) >= 11 is 0. The minimum Gasteiger partial charge on any atom is -0.381 e. The van der Waals surface area contributed by atoms with Crippen LogP contribution in [0, 0.1) is 5.92 Å². The molecule has 0 spiro atoms. The quantitative estimate of drug-likeness (QED) is 0.909. The third-order valence-electron chi connectivity index (χ3n) is 4.09. The van der Waals surface area contributed by atoms with Gasteiger partial charge >= 0.3 is 0 Å². The van der Waals surface area contributed by atoms with E-state index in [-0.39, 0.29) is 11.5 Å². The van der Waals surface area contributed by atoms with Crippen molar-refractivity contribution in [3.63, 3.8) is 0 Å². The SMILES string of the molecule is CCCn1nc(C(=O)NC[C@H]2CCOC2)c2ccccc2c1=O. The summed E-state index contributed by atoms with van der Waals surface area (Å²) < 4.78 is 6.70. The van der Waals surface area contributed by atoms with E-state index in [1.807, 2.05) is 13.0 Å². The number of aryl methyl sites for hydroxylation is 1. The molecule has 1 aromatic heterocycles. The highest BCUT2D eigenvalue weighted by Gasteiger charge is 2.20. The number of nitrogens with one attached hydrogen (secondary N) is 1. The molecule has 0 aliphatic carbocycles. The molecule has 2 heterocycles. The monoisotopic (exact) mass is 315 g/mol. The fourth-order valence-electron chi connectivity index (χ4n) is 2.83. The second-order valence-electron chi connectivity index (χ2n) is 5.86. The average molecular weight is 315 g/mol. The molecule has 1 amide bonds. The highest BCUT2D eigenvalue weighted by Crippen LogP contribution is 2.14. The maximum Gasteiger partial charge on any atom is 0.274 e. The number of aromatic nitrogens is 2. The van der Waals surface area contributed by atoms with Crippen LogP contribution in [0.15, 0.2) is 29.1 Å². The smallest absolute Gasteiger partial charge is 0.274 e. The number of hydrogen-bond acceptors (Lipinski definition) is 4. The Hall–Kier alpha value is -2.21. The molecule has 122 valence electrons. The molecule has 0 unspecified atom stereocenters. The Labute approximate surface area is 134 Å². The van der Waals surface area contributed by atoms with Crippen molar-refractivity contribution < 1.29 is 9.53 Å². The lowest BCUT2D eigenvalue weighted by Crippen LogP contribution is -2.33. The maximum atomic E-state index is 12.6. The van der Waals surface area contributed by atoms with Gasteiger partial charge in [0.1, 0.15) is 0 Å². The van der Waals surface area contributed by atoms with Gasteiger partial charge in [-0.25, -0.2) is 4.68 Å². The molecule has 0 radical (unpaired) electrons. The standard InChI is InChI=1S/C17H21N3O3/c1-2-8-20-17(22)14-6-4-3-5-13(14)15(19-20)16(21)18-10-12-7-9-23-11-12/h3-6,12H,2,7-11H2,1H3,(H,18,21)/t12-/m1/s1. The van der Waals surface area contributed by atoms with Crippen molar-refractivity contribution in [3.05, 3.63) is 40.3 Å². The summed E-state index contributed by atoms with van der Waals surface area (Å²) in [6.45, 7) is 4.48. The van der Waals surface area contributed by atoms with Gasteiger partial charge in [-0.3, -0.25) is 9.59 Å². The van der Waals surface area contributed by atoms with Crippen LogP contribution in [0.4, 0.5) is 0 Å². The number of fused-ring (bicyclic) bond motifs is 1. The van der Waals surface area contributed by atoms with E-state index in [0.29, 0.717) is 42.1 Å². The molecule has 1 aromatic carbocycles. The molecular weight excluding hydrogens is 294 g/mol. The molecule has 1 atom stereocenters. The van der Waals surface area contributed by atoms with Crippen LogP contribution in [0.1, 0.15) is 30.3 Å². The Morgan fingerprint density at radius 1 is 1.39 bits per heavy atom. The first-order chi connectivity index (χ1) is 11.2. The summed E-state index contributed by atoms with van der Waals surface area (Å²) in [5, 5.41) is 8.36. The van der Waals surface area contributed by atoms with Gasteiger partial charge in [-0.1, -0.05) is 25.1 Å². The predicted molar refractivity (Wildman–Crippen MR) is 87.6 cm³/mol.